The molecule has 0 heterocycles. The van der Waals surface area contributed by atoms with Gasteiger partial charge < -0.3 is 9.47 Å². The summed E-state index contributed by atoms with van der Waals surface area (Å²) in [5.74, 6) is -0.464. The van der Waals surface area contributed by atoms with Crippen molar-refractivity contribution in [1.82, 2.24) is 0 Å². The quantitative estimate of drug-likeness (QED) is 0.541. The molecular formula is C11H12O3. The van der Waals surface area contributed by atoms with Gasteiger partial charge in [-0.15, -0.1) is 0 Å². The van der Waals surface area contributed by atoms with E-state index in [-0.39, 0.29) is 0 Å². The Morgan fingerprint density at radius 1 is 1.43 bits per heavy atom. The van der Waals surface area contributed by atoms with Crippen LogP contribution < -0.4 is 0 Å². The Balaban J connectivity index is 2.82. The second-order valence-corrected chi connectivity index (χ2v) is 2.63. The average Bonchev–Trinajstić information content (AvgIpc) is 2.21. The third-order valence-electron chi connectivity index (χ3n) is 1.75. The summed E-state index contributed by atoms with van der Waals surface area (Å²) in [5, 5.41) is 0. The van der Waals surface area contributed by atoms with Crippen molar-refractivity contribution in [2.75, 3.05) is 7.11 Å². The van der Waals surface area contributed by atoms with Gasteiger partial charge in [0.2, 0.25) is 0 Å². The molecule has 1 aromatic rings. The van der Waals surface area contributed by atoms with E-state index >= 15 is 0 Å². The lowest BCUT2D eigenvalue weighted by molar-refractivity contribution is -0.149. The number of hydrogen-bond donors (Lipinski definition) is 0. The lowest BCUT2D eigenvalue weighted by Crippen LogP contribution is -2.15. The molecule has 3 nitrogen and oxygen atoms in total. The van der Waals surface area contributed by atoms with Crippen molar-refractivity contribution in [2.45, 2.75) is 6.10 Å². The van der Waals surface area contributed by atoms with Gasteiger partial charge in [-0.05, 0) is 5.56 Å². The van der Waals surface area contributed by atoms with Crippen LogP contribution in [0, 0.1) is 0 Å². The van der Waals surface area contributed by atoms with Crippen LogP contribution in [0.15, 0.2) is 43.2 Å². The number of ether oxygens (including phenoxy) is 2. The molecule has 14 heavy (non-hydrogen) atoms. The van der Waals surface area contributed by atoms with Gasteiger partial charge in [-0.1, -0.05) is 36.9 Å². The lowest BCUT2D eigenvalue weighted by atomic mass is 10.1. The van der Waals surface area contributed by atoms with Gasteiger partial charge in [-0.25, -0.2) is 4.79 Å². The summed E-state index contributed by atoms with van der Waals surface area (Å²) in [6.45, 7) is 3.31. The topological polar surface area (TPSA) is 35.5 Å². The molecule has 1 aromatic carbocycles. The predicted molar refractivity (Wildman–Crippen MR) is 52.5 cm³/mol. The van der Waals surface area contributed by atoms with Crippen LogP contribution in [0.4, 0.5) is 0 Å². The Kier molecular flexibility index (Phi) is 3.88. The van der Waals surface area contributed by atoms with Gasteiger partial charge in [0.1, 0.15) is 0 Å². The maximum absolute atomic E-state index is 11.4. The summed E-state index contributed by atoms with van der Waals surface area (Å²) in [7, 11) is 1.46. The zero-order valence-electron chi connectivity index (χ0n) is 7.97. The van der Waals surface area contributed by atoms with Crippen LogP contribution in [0.5, 0.6) is 0 Å². The minimum atomic E-state index is -0.686. The second kappa shape index (κ2) is 5.19. The molecule has 1 unspecified atom stereocenters. The summed E-state index contributed by atoms with van der Waals surface area (Å²) in [4.78, 5) is 11.4. The third-order valence-corrected chi connectivity index (χ3v) is 1.75. The highest BCUT2D eigenvalue weighted by atomic mass is 16.6. The van der Waals surface area contributed by atoms with E-state index in [1.165, 1.54) is 7.11 Å². The molecule has 0 fully saturated rings. The summed E-state index contributed by atoms with van der Waals surface area (Å²) in [6, 6.07) is 9.15. The van der Waals surface area contributed by atoms with Crippen molar-refractivity contribution < 1.29 is 14.3 Å². The van der Waals surface area contributed by atoms with Crippen molar-refractivity contribution >= 4 is 5.97 Å². The molecule has 1 rings (SSSR count). The Morgan fingerprint density at radius 3 is 2.57 bits per heavy atom. The first-order valence-electron chi connectivity index (χ1n) is 4.18. The fraction of sp³-hybridized carbons (Fsp3) is 0.182. The summed E-state index contributed by atoms with van der Waals surface area (Å²) in [6.07, 6.45) is 0.409. The maximum Gasteiger partial charge on any atom is 0.344 e. The summed E-state index contributed by atoms with van der Waals surface area (Å²) < 4.78 is 9.68. The molecule has 0 bridgehead atoms. The highest BCUT2D eigenvalue weighted by molar-refractivity contribution is 5.77. The van der Waals surface area contributed by atoms with Gasteiger partial charge in [0.25, 0.3) is 0 Å². The van der Waals surface area contributed by atoms with Crippen LogP contribution in [-0.2, 0) is 14.3 Å². The van der Waals surface area contributed by atoms with Crippen LogP contribution in [0.1, 0.15) is 11.7 Å². The van der Waals surface area contributed by atoms with Crippen molar-refractivity contribution in [3.63, 3.8) is 0 Å². The normalized spacial score (nSPS) is 11.8. The zero-order chi connectivity index (χ0) is 10.4. The van der Waals surface area contributed by atoms with Crippen molar-refractivity contribution in [2.24, 2.45) is 0 Å². The van der Waals surface area contributed by atoms with E-state index in [0.29, 0.717) is 0 Å². The number of methoxy groups -OCH3 is 1. The Hall–Kier alpha value is -1.61. The molecule has 0 aliphatic rings. The molecule has 0 saturated carbocycles. The van der Waals surface area contributed by atoms with Crippen molar-refractivity contribution in [3.8, 4) is 0 Å². The van der Waals surface area contributed by atoms with Crippen molar-refractivity contribution in [3.05, 3.63) is 48.7 Å². The molecular weight excluding hydrogens is 180 g/mol. The van der Waals surface area contributed by atoms with Gasteiger partial charge in [0.05, 0.1) is 6.26 Å². The first-order valence-corrected chi connectivity index (χ1v) is 4.18. The largest absolute Gasteiger partial charge is 0.433 e. The van der Waals surface area contributed by atoms with E-state index in [1.54, 1.807) is 12.1 Å². The molecule has 0 spiro atoms. The molecule has 3 heteroatoms. The maximum atomic E-state index is 11.4. The van der Waals surface area contributed by atoms with E-state index in [1.807, 2.05) is 18.2 Å². The molecule has 0 aliphatic carbocycles. The van der Waals surface area contributed by atoms with Crippen LogP contribution in [0.2, 0.25) is 0 Å². The second-order valence-electron chi connectivity index (χ2n) is 2.63. The van der Waals surface area contributed by atoms with Crippen LogP contribution in [0.25, 0.3) is 0 Å². The van der Waals surface area contributed by atoms with Gasteiger partial charge >= 0.3 is 5.97 Å². The molecule has 0 amide bonds. The van der Waals surface area contributed by atoms with Gasteiger partial charge in [-0.2, -0.15) is 0 Å². The molecule has 1 atom stereocenters. The Labute approximate surface area is 83.0 Å². The van der Waals surface area contributed by atoms with Crippen LogP contribution in [-0.4, -0.2) is 13.1 Å². The number of rotatable bonds is 4. The van der Waals surface area contributed by atoms with Crippen LogP contribution >= 0.6 is 0 Å². The first-order chi connectivity index (χ1) is 6.79. The highest BCUT2D eigenvalue weighted by Crippen LogP contribution is 2.17. The van der Waals surface area contributed by atoms with Gasteiger partial charge in [0.15, 0.2) is 6.10 Å². The van der Waals surface area contributed by atoms with E-state index in [4.69, 9.17) is 4.74 Å². The van der Waals surface area contributed by atoms with Gasteiger partial charge in [0, 0.05) is 7.11 Å². The molecule has 0 aliphatic heterocycles. The molecule has 0 saturated heterocycles. The summed E-state index contributed by atoms with van der Waals surface area (Å²) >= 11 is 0. The number of hydrogen-bond acceptors (Lipinski definition) is 3. The molecule has 74 valence electrons. The average molecular weight is 192 g/mol. The van der Waals surface area contributed by atoms with Gasteiger partial charge in [-0.3, -0.25) is 0 Å². The monoisotopic (exact) mass is 192 g/mol. The number of carbonyl (C=O) groups is 1. The van der Waals surface area contributed by atoms with E-state index in [0.717, 1.165) is 11.8 Å². The Morgan fingerprint density at radius 2 is 2.07 bits per heavy atom. The first kappa shape index (κ1) is 10.5. The van der Waals surface area contributed by atoms with Crippen molar-refractivity contribution in [1.29, 1.82) is 0 Å². The van der Waals surface area contributed by atoms with E-state index < -0.39 is 12.1 Å². The fourth-order valence-electron chi connectivity index (χ4n) is 1.14. The minimum absolute atomic E-state index is 0.464. The molecule has 0 radical (unpaired) electrons. The fourth-order valence-corrected chi connectivity index (χ4v) is 1.14. The van der Waals surface area contributed by atoms with E-state index in [9.17, 15) is 4.79 Å². The lowest BCUT2D eigenvalue weighted by Gasteiger charge is -2.12. The van der Waals surface area contributed by atoms with Crippen LogP contribution in [0.3, 0.4) is 0 Å². The van der Waals surface area contributed by atoms with E-state index in [2.05, 4.69) is 11.3 Å². The SMILES string of the molecule is C=COC(=O)C(OC)c1ccccc1. The predicted octanol–water partition coefficient (Wildman–Crippen LogP) is 2.06. The zero-order valence-corrected chi connectivity index (χ0v) is 7.97. The third kappa shape index (κ3) is 2.44. The standard InChI is InChI=1S/C11H12O3/c1-3-14-11(12)10(13-2)9-7-5-4-6-8-9/h3-8,10H,1H2,2H3. The highest BCUT2D eigenvalue weighted by Gasteiger charge is 2.20. The number of esters is 1. The Bertz CT molecular complexity index is 306. The number of carbonyl (C=O) groups excluding carboxylic acids is 1. The number of benzene rings is 1. The molecule has 0 N–H and O–H groups in total. The minimum Gasteiger partial charge on any atom is -0.433 e. The summed E-state index contributed by atoms with van der Waals surface area (Å²) in [5.41, 5.74) is 0.766. The smallest absolute Gasteiger partial charge is 0.344 e. The molecule has 0 aromatic heterocycles.